The molecule has 0 aromatic heterocycles. The molecule has 0 atom stereocenters. The number of benzene rings is 2. The van der Waals surface area contributed by atoms with E-state index in [1.807, 2.05) is 36.4 Å². The molecule has 0 radical (unpaired) electrons. The van der Waals surface area contributed by atoms with Gasteiger partial charge in [0.2, 0.25) is 0 Å². The zero-order valence-corrected chi connectivity index (χ0v) is 18.2. The topological polar surface area (TPSA) is 67.3 Å². The summed E-state index contributed by atoms with van der Waals surface area (Å²) in [4.78, 5) is 2.59. The first kappa shape index (κ1) is 23.0. The van der Waals surface area contributed by atoms with Crippen LogP contribution in [0.3, 0.4) is 0 Å². The second-order valence-electron chi connectivity index (χ2n) is 8.06. The number of aryl methyl sites for hydroxylation is 1. The van der Waals surface area contributed by atoms with Gasteiger partial charge in [0, 0.05) is 49.7 Å². The fourth-order valence-electron chi connectivity index (χ4n) is 4.11. The molecule has 0 unspecified atom stereocenters. The molecule has 5 N–H and O–H groups in total. The highest BCUT2D eigenvalue weighted by atomic mass is 15.4. The number of anilines is 3. The molecule has 1 aliphatic heterocycles. The van der Waals surface area contributed by atoms with Gasteiger partial charge in [-0.1, -0.05) is 12.1 Å². The lowest BCUT2D eigenvalue weighted by Gasteiger charge is -2.44. The number of likely N-dealkylation sites (N-methyl/N-ethyl adjacent to an activating group) is 1. The Hall–Kier alpha value is -2.24. The predicted molar refractivity (Wildman–Crippen MR) is 127 cm³/mol. The molecule has 2 aromatic rings. The number of nitrogen functional groups attached to an aromatic ring is 2. The van der Waals surface area contributed by atoms with E-state index in [0.29, 0.717) is 0 Å². The number of hydrogen-bond donors (Lipinski definition) is 3. The van der Waals surface area contributed by atoms with Crippen LogP contribution in [-0.2, 0) is 6.42 Å². The van der Waals surface area contributed by atoms with Crippen LogP contribution in [0.15, 0.2) is 48.5 Å². The van der Waals surface area contributed by atoms with E-state index in [1.165, 1.54) is 55.7 Å². The minimum absolute atomic E-state index is 0. The van der Waals surface area contributed by atoms with E-state index in [9.17, 15) is 0 Å². The summed E-state index contributed by atoms with van der Waals surface area (Å²) >= 11 is 0. The molecule has 0 amide bonds. The van der Waals surface area contributed by atoms with Crippen molar-refractivity contribution in [1.29, 1.82) is 0 Å². The third kappa shape index (κ3) is 6.94. The van der Waals surface area contributed by atoms with Gasteiger partial charge in [-0.15, -0.1) is 0 Å². The molecule has 29 heavy (non-hydrogen) atoms. The Labute approximate surface area is 177 Å². The van der Waals surface area contributed by atoms with E-state index >= 15 is 0 Å². The lowest BCUT2D eigenvalue weighted by atomic mass is 10.1. The average molecular weight is 398 g/mol. The quantitative estimate of drug-likeness (QED) is 0.344. The first-order chi connectivity index (χ1) is 13.6. The molecule has 5 nitrogen and oxygen atoms in total. The van der Waals surface area contributed by atoms with Crippen molar-refractivity contribution in [3.05, 3.63) is 61.5 Å². The maximum Gasteiger partial charge on any atom is 0.0916 e. The van der Waals surface area contributed by atoms with Crippen molar-refractivity contribution in [3.8, 4) is 0 Å². The third-order valence-electron chi connectivity index (χ3n) is 6.20. The molecule has 160 valence electrons. The molecule has 0 spiro atoms. The van der Waals surface area contributed by atoms with Crippen LogP contribution >= 0.6 is 0 Å². The van der Waals surface area contributed by atoms with Gasteiger partial charge in [-0.05, 0) is 55.3 Å². The Morgan fingerprint density at radius 3 is 2.10 bits per heavy atom. The fourth-order valence-corrected chi connectivity index (χ4v) is 4.11. The van der Waals surface area contributed by atoms with Crippen LogP contribution in [0.5, 0.6) is 0 Å². The Balaban J connectivity index is 0.00000300. The number of quaternary nitrogens is 1. The normalized spacial score (nSPS) is 16.2. The molecule has 2 aromatic carbocycles. The molecule has 0 aliphatic carbocycles. The van der Waals surface area contributed by atoms with Gasteiger partial charge in [-0.3, -0.25) is 4.90 Å². The number of hydrogen-bond acceptors (Lipinski definition) is 4. The Morgan fingerprint density at radius 1 is 0.931 bits per heavy atom. The van der Waals surface area contributed by atoms with E-state index in [0.717, 1.165) is 36.6 Å². The highest BCUT2D eigenvalue weighted by molar-refractivity contribution is 5.51. The summed E-state index contributed by atoms with van der Waals surface area (Å²) in [5.41, 5.74) is 15.7. The van der Waals surface area contributed by atoms with Gasteiger partial charge in [0.25, 0.3) is 0 Å². The van der Waals surface area contributed by atoms with E-state index in [2.05, 4.69) is 29.3 Å². The zero-order valence-electron chi connectivity index (χ0n) is 18.2. The number of nitrogens with two attached hydrogens (primary N) is 2. The monoisotopic (exact) mass is 397 g/mol. The maximum absolute atomic E-state index is 5.78. The number of nitrogens with one attached hydrogen (secondary N) is 1. The summed E-state index contributed by atoms with van der Waals surface area (Å²) in [6.45, 7) is 11.9. The summed E-state index contributed by atoms with van der Waals surface area (Å²) in [7, 11) is 0. The SMILES string of the molecule is CC[N+]1(CCCc2ccc(N)cc2)CCN(CCNc2ccc(N)cc2)CC1.[CH3-]. The Morgan fingerprint density at radius 2 is 1.52 bits per heavy atom. The van der Waals surface area contributed by atoms with Crippen LogP contribution in [0.1, 0.15) is 18.9 Å². The van der Waals surface area contributed by atoms with Crippen LogP contribution in [-0.4, -0.2) is 61.7 Å². The molecule has 1 heterocycles. The lowest BCUT2D eigenvalue weighted by Crippen LogP contribution is -2.60. The van der Waals surface area contributed by atoms with Gasteiger partial charge in [0.15, 0.2) is 0 Å². The summed E-state index contributed by atoms with van der Waals surface area (Å²) in [5, 5.41) is 3.50. The molecule has 0 saturated carbocycles. The van der Waals surface area contributed by atoms with Crippen molar-refractivity contribution in [2.45, 2.75) is 19.8 Å². The van der Waals surface area contributed by atoms with E-state index in [4.69, 9.17) is 11.5 Å². The van der Waals surface area contributed by atoms with Crippen LogP contribution in [0.2, 0.25) is 0 Å². The van der Waals surface area contributed by atoms with Gasteiger partial charge in [0.05, 0.1) is 26.2 Å². The van der Waals surface area contributed by atoms with Crippen LogP contribution in [0.4, 0.5) is 17.1 Å². The molecule has 1 fully saturated rings. The molecule has 0 bridgehead atoms. The highest BCUT2D eigenvalue weighted by Crippen LogP contribution is 2.16. The standard InChI is InChI=1S/C23H36N5.CH3/c1-2-28(17-3-4-20-5-7-21(24)8-6-20)18-15-27(16-19-28)14-13-26-23-11-9-22(25)10-12-23;/h5-12,26H,2-4,13-19,24-25H2,1H3;1H3/q+1;-1. The third-order valence-corrected chi connectivity index (χ3v) is 6.20. The van der Waals surface area contributed by atoms with Gasteiger partial charge in [-0.2, -0.15) is 0 Å². The average Bonchev–Trinajstić information content (AvgIpc) is 2.72. The summed E-state index contributed by atoms with van der Waals surface area (Å²) in [6.07, 6.45) is 2.39. The molecular formula is C24H39N5. The van der Waals surface area contributed by atoms with E-state index < -0.39 is 0 Å². The van der Waals surface area contributed by atoms with Crippen molar-refractivity contribution < 1.29 is 4.48 Å². The van der Waals surface area contributed by atoms with E-state index in [1.54, 1.807) is 0 Å². The number of rotatable bonds is 9. The lowest BCUT2D eigenvalue weighted by molar-refractivity contribution is -0.930. The van der Waals surface area contributed by atoms with Gasteiger partial charge in [-0.25, -0.2) is 0 Å². The van der Waals surface area contributed by atoms with Crippen molar-refractivity contribution in [1.82, 2.24) is 4.90 Å². The van der Waals surface area contributed by atoms with Crippen molar-refractivity contribution in [3.63, 3.8) is 0 Å². The molecular weight excluding hydrogens is 358 g/mol. The first-order valence-electron chi connectivity index (χ1n) is 10.6. The first-order valence-corrected chi connectivity index (χ1v) is 10.6. The largest absolute Gasteiger partial charge is 0.399 e. The number of nitrogens with zero attached hydrogens (tertiary/aromatic N) is 2. The minimum Gasteiger partial charge on any atom is -0.399 e. The van der Waals surface area contributed by atoms with Crippen LogP contribution in [0.25, 0.3) is 0 Å². The van der Waals surface area contributed by atoms with Crippen molar-refractivity contribution >= 4 is 17.1 Å². The molecule has 3 rings (SSSR count). The van der Waals surface area contributed by atoms with Gasteiger partial charge < -0.3 is 28.7 Å². The van der Waals surface area contributed by atoms with Gasteiger partial charge in [0.1, 0.15) is 0 Å². The second-order valence-corrected chi connectivity index (χ2v) is 8.06. The molecule has 5 heteroatoms. The van der Waals surface area contributed by atoms with Crippen molar-refractivity contribution in [2.75, 3.05) is 69.1 Å². The number of piperazine rings is 1. The summed E-state index contributed by atoms with van der Waals surface area (Å²) < 4.78 is 1.26. The second kappa shape index (κ2) is 11.1. The Kier molecular flexibility index (Phi) is 8.80. The Bertz CT molecular complexity index is 703. The van der Waals surface area contributed by atoms with Crippen LogP contribution in [0, 0.1) is 7.43 Å². The molecule has 1 saturated heterocycles. The summed E-state index contributed by atoms with van der Waals surface area (Å²) in [5.74, 6) is 0. The minimum atomic E-state index is 0. The smallest absolute Gasteiger partial charge is 0.0916 e. The van der Waals surface area contributed by atoms with E-state index in [-0.39, 0.29) is 7.43 Å². The summed E-state index contributed by atoms with van der Waals surface area (Å²) in [6, 6.07) is 16.3. The highest BCUT2D eigenvalue weighted by Gasteiger charge is 2.30. The molecule has 1 aliphatic rings. The van der Waals surface area contributed by atoms with Crippen molar-refractivity contribution in [2.24, 2.45) is 0 Å². The van der Waals surface area contributed by atoms with Gasteiger partial charge >= 0.3 is 0 Å². The maximum atomic E-state index is 5.78. The predicted octanol–water partition coefficient (Wildman–Crippen LogP) is 3.50. The van der Waals surface area contributed by atoms with Crippen LogP contribution < -0.4 is 16.8 Å². The fraction of sp³-hybridized carbons (Fsp3) is 0.458. The zero-order chi connectivity index (χ0) is 19.8.